The lowest BCUT2D eigenvalue weighted by Gasteiger charge is -2.14. The van der Waals surface area contributed by atoms with Crippen molar-refractivity contribution in [2.75, 3.05) is 0 Å². The molecule has 0 aliphatic heterocycles. The van der Waals surface area contributed by atoms with Crippen LogP contribution in [0.4, 0.5) is 0 Å². The Morgan fingerprint density at radius 1 is 1.11 bits per heavy atom. The molecule has 0 amide bonds. The Morgan fingerprint density at radius 2 is 1.72 bits per heavy atom. The summed E-state index contributed by atoms with van der Waals surface area (Å²) in [5.74, 6) is 1.06. The minimum absolute atomic E-state index is 0.0824. The van der Waals surface area contributed by atoms with Gasteiger partial charge in [0.2, 0.25) is 0 Å². The monoisotopic (exact) mass is 242 g/mol. The maximum absolute atomic E-state index is 4.70. The van der Waals surface area contributed by atoms with E-state index in [4.69, 9.17) is 4.98 Å². The van der Waals surface area contributed by atoms with Crippen LogP contribution in [-0.4, -0.2) is 9.97 Å². The lowest BCUT2D eigenvalue weighted by atomic mass is 9.96. The summed E-state index contributed by atoms with van der Waals surface area (Å²) in [5, 5.41) is 0. The number of hydrogen-bond donors (Lipinski definition) is 1. The van der Waals surface area contributed by atoms with E-state index >= 15 is 0 Å². The van der Waals surface area contributed by atoms with Crippen LogP contribution in [0.2, 0.25) is 0 Å². The van der Waals surface area contributed by atoms with Crippen LogP contribution in [0.5, 0.6) is 0 Å². The maximum Gasteiger partial charge on any atom is 0.111 e. The minimum atomic E-state index is 0.0824. The van der Waals surface area contributed by atoms with Gasteiger partial charge in [0.1, 0.15) is 5.82 Å². The van der Waals surface area contributed by atoms with E-state index in [1.54, 1.807) is 0 Å². The number of aryl methyl sites for hydroxylation is 2. The fourth-order valence-electron chi connectivity index (χ4n) is 2.14. The van der Waals surface area contributed by atoms with Crippen LogP contribution in [0.15, 0.2) is 24.4 Å². The second-order valence-electron chi connectivity index (χ2n) is 6.04. The van der Waals surface area contributed by atoms with Crippen LogP contribution in [0.3, 0.4) is 0 Å². The molecule has 0 fully saturated rings. The Balaban J connectivity index is 2.27. The highest BCUT2D eigenvalue weighted by Gasteiger charge is 2.17. The van der Waals surface area contributed by atoms with E-state index in [-0.39, 0.29) is 5.41 Å². The van der Waals surface area contributed by atoms with E-state index in [9.17, 15) is 0 Å². The van der Waals surface area contributed by atoms with Crippen molar-refractivity contribution in [3.05, 3.63) is 52.6 Å². The topological polar surface area (TPSA) is 28.7 Å². The van der Waals surface area contributed by atoms with Crippen LogP contribution in [-0.2, 0) is 11.8 Å². The van der Waals surface area contributed by atoms with Gasteiger partial charge in [-0.2, -0.15) is 0 Å². The number of aromatic amines is 1. The SMILES string of the molecule is Cc1cccc(C)c1Cc1c[nH]c(C(C)(C)C)n1. The molecular formula is C16H22N2. The lowest BCUT2D eigenvalue weighted by Crippen LogP contribution is -2.13. The summed E-state index contributed by atoms with van der Waals surface area (Å²) >= 11 is 0. The molecule has 1 heterocycles. The van der Waals surface area contributed by atoms with Gasteiger partial charge in [-0.15, -0.1) is 0 Å². The van der Waals surface area contributed by atoms with Gasteiger partial charge in [-0.25, -0.2) is 4.98 Å². The fraction of sp³-hybridized carbons (Fsp3) is 0.438. The van der Waals surface area contributed by atoms with Crippen molar-refractivity contribution in [2.24, 2.45) is 0 Å². The summed E-state index contributed by atoms with van der Waals surface area (Å²) in [7, 11) is 0. The van der Waals surface area contributed by atoms with Crippen molar-refractivity contribution in [3.63, 3.8) is 0 Å². The van der Waals surface area contributed by atoms with Gasteiger partial charge in [0.25, 0.3) is 0 Å². The van der Waals surface area contributed by atoms with Gasteiger partial charge >= 0.3 is 0 Å². The first-order valence-electron chi connectivity index (χ1n) is 6.48. The van der Waals surface area contributed by atoms with E-state index in [1.165, 1.54) is 16.7 Å². The molecule has 18 heavy (non-hydrogen) atoms. The van der Waals surface area contributed by atoms with Crippen molar-refractivity contribution >= 4 is 0 Å². The van der Waals surface area contributed by atoms with Gasteiger partial charge in [-0.3, -0.25) is 0 Å². The zero-order valence-electron chi connectivity index (χ0n) is 12.0. The number of rotatable bonds is 2. The quantitative estimate of drug-likeness (QED) is 0.849. The van der Waals surface area contributed by atoms with Crippen LogP contribution in [0, 0.1) is 13.8 Å². The first-order valence-corrected chi connectivity index (χ1v) is 6.48. The maximum atomic E-state index is 4.70. The number of imidazole rings is 1. The number of hydrogen-bond acceptors (Lipinski definition) is 1. The van der Waals surface area contributed by atoms with E-state index in [0.717, 1.165) is 17.9 Å². The lowest BCUT2D eigenvalue weighted by molar-refractivity contribution is 0.551. The molecule has 0 atom stereocenters. The highest BCUT2D eigenvalue weighted by molar-refractivity contribution is 5.36. The molecule has 1 N–H and O–H groups in total. The Bertz CT molecular complexity index is 524. The Kier molecular flexibility index (Phi) is 3.29. The van der Waals surface area contributed by atoms with Crippen LogP contribution in [0.25, 0.3) is 0 Å². The third-order valence-corrected chi connectivity index (χ3v) is 3.34. The standard InChI is InChI=1S/C16H22N2/c1-11-7-6-8-12(2)14(11)9-13-10-17-15(18-13)16(3,4)5/h6-8,10H,9H2,1-5H3,(H,17,18). The van der Waals surface area contributed by atoms with Gasteiger partial charge in [0.05, 0.1) is 5.69 Å². The number of nitrogens with zero attached hydrogens (tertiary/aromatic N) is 1. The molecule has 2 nitrogen and oxygen atoms in total. The molecule has 0 aliphatic carbocycles. The van der Waals surface area contributed by atoms with E-state index in [1.807, 2.05) is 6.20 Å². The molecule has 2 rings (SSSR count). The van der Waals surface area contributed by atoms with Gasteiger partial charge in [0.15, 0.2) is 0 Å². The average molecular weight is 242 g/mol. The smallest absolute Gasteiger partial charge is 0.111 e. The van der Waals surface area contributed by atoms with E-state index in [0.29, 0.717) is 0 Å². The molecular weight excluding hydrogens is 220 g/mol. The molecule has 2 heteroatoms. The third kappa shape index (κ3) is 2.63. The summed E-state index contributed by atoms with van der Waals surface area (Å²) in [6.45, 7) is 10.9. The molecule has 0 saturated heterocycles. The van der Waals surface area contributed by atoms with Crippen molar-refractivity contribution in [3.8, 4) is 0 Å². The molecule has 1 aromatic heterocycles. The van der Waals surface area contributed by atoms with Crippen LogP contribution >= 0.6 is 0 Å². The molecule has 1 aromatic carbocycles. The summed E-state index contributed by atoms with van der Waals surface area (Å²) in [5.41, 5.74) is 5.28. The summed E-state index contributed by atoms with van der Waals surface area (Å²) in [6.07, 6.45) is 2.94. The van der Waals surface area contributed by atoms with Crippen molar-refractivity contribution in [2.45, 2.75) is 46.5 Å². The van der Waals surface area contributed by atoms with E-state index < -0.39 is 0 Å². The van der Waals surface area contributed by atoms with E-state index in [2.05, 4.69) is 57.8 Å². The molecule has 0 aliphatic rings. The molecule has 0 bridgehead atoms. The predicted octanol–water partition coefficient (Wildman–Crippen LogP) is 3.91. The Hall–Kier alpha value is -1.57. The normalized spacial score (nSPS) is 11.8. The van der Waals surface area contributed by atoms with Gasteiger partial charge in [0, 0.05) is 18.0 Å². The fourth-order valence-corrected chi connectivity index (χ4v) is 2.14. The van der Waals surface area contributed by atoms with Crippen LogP contribution < -0.4 is 0 Å². The zero-order chi connectivity index (χ0) is 13.3. The van der Waals surface area contributed by atoms with Crippen molar-refractivity contribution in [1.82, 2.24) is 9.97 Å². The first kappa shape index (κ1) is 12.9. The highest BCUT2D eigenvalue weighted by atomic mass is 14.9. The molecule has 2 aromatic rings. The molecule has 0 radical (unpaired) electrons. The van der Waals surface area contributed by atoms with Crippen LogP contribution in [0.1, 0.15) is 49.0 Å². The number of aromatic nitrogens is 2. The predicted molar refractivity (Wildman–Crippen MR) is 76.0 cm³/mol. The molecule has 0 spiro atoms. The van der Waals surface area contributed by atoms with Gasteiger partial charge in [-0.1, -0.05) is 39.0 Å². The summed E-state index contributed by atoms with van der Waals surface area (Å²) in [4.78, 5) is 8.00. The zero-order valence-corrected chi connectivity index (χ0v) is 12.0. The number of nitrogens with one attached hydrogen (secondary N) is 1. The molecule has 0 unspecified atom stereocenters. The number of H-pyrrole nitrogens is 1. The highest BCUT2D eigenvalue weighted by Crippen LogP contribution is 2.21. The minimum Gasteiger partial charge on any atom is -0.348 e. The average Bonchev–Trinajstić information content (AvgIpc) is 2.72. The summed E-state index contributed by atoms with van der Waals surface area (Å²) in [6, 6.07) is 6.44. The largest absolute Gasteiger partial charge is 0.348 e. The van der Waals surface area contributed by atoms with Gasteiger partial charge in [-0.05, 0) is 30.5 Å². The second-order valence-corrected chi connectivity index (χ2v) is 6.04. The molecule has 96 valence electrons. The number of benzene rings is 1. The van der Waals surface area contributed by atoms with Crippen molar-refractivity contribution in [1.29, 1.82) is 0 Å². The molecule has 0 saturated carbocycles. The Morgan fingerprint density at radius 3 is 2.22 bits per heavy atom. The summed E-state index contributed by atoms with van der Waals surface area (Å²) < 4.78 is 0. The first-order chi connectivity index (χ1) is 8.38. The Labute approximate surface area is 109 Å². The van der Waals surface area contributed by atoms with Crippen molar-refractivity contribution < 1.29 is 0 Å². The van der Waals surface area contributed by atoms with Gasteiger partial charge < -0.3 is 4.98 Å². The third-order valence-electron chi connectivity index (χ3n) is 3.34. The second kappa shape index (κ2) is 4.60.